The summed E-state index contributed by atoms with van der Waals surface area (Å²) in [6, 6.07) is 21.3. The van der Waals surface area contributed by atoms with Crippen LogP contribution in [0.4, 0.5) is 11.4 Å². The van der Waals surface area contributed by atoms with Crippen molar-refractivity contribution >= 4 is 33.2 Å². The minimum Gasteiger partial charge on any atom is -0.354 e. The third-order valence-electron chi connectivity index (χ3n) is 6.37. The molecule has 10 nitrogen and oxygen atoms in total. The van der Waals surface area contributed by atoms with Crippen LogP contribution in [-0.2, 0) is 32.6 Å². The average molecular weight is 567 g/mol. The van der Waals surface area contributed by atoms with E-state index in [-0.39, 0.29) is 30.2 Å². The first kappa shape index (κ1) is 30.3. The molecule has 0 aliphatic rings. The number of benzene rings is 3. The lowest BCUT2D eigenvalue weighted by Crippen LogP contribution is -2.53. The van der Waals surface area contributed by atoms with Gasteiger partial charge in [-0.1, -0.05) is 73.7 Å². The van der Waals surface area contributed by atoms with E-state index in [0.29, 0.717) is 18.5 Å². The lowest BCUT2D eigenvalue weighted by atomic mass is 10.0. The number of nitrogens with one attached hydrogen (secondary N) is 1. The Bertz CT molecular complexity index is 1430. The van der Waals surface area contributed by atoms with E-state index in [2.05, 4.69) is 5.32 Å². The smallest absolute Gasteiger partial charge is 0.271 e. The van der Waals surface area contributed by atoms with Crippen molar-refractivity contribution in [3.63, 3.8) is 0 Å². The van der Waals surface area contributed by atoms with E-state index in [1.165, 1.54) is 17.0 Å². The Morgan fingerprint density at radius 2 is 1.57 bits per heavy atom. The zero-order chi connectivity index (χ0) is 29.3. The zero-order valence-corrected chi connectivity index (χ0v) is 23.6. The third kappa shape index (κ3) is 8.12. The summed E-state index contributed by atoms with van der Waals surface area (Å²) in [5, 5.41) is 14.3. The quantitative estimate of drug-likeness (QED) is 0.247. The number of nitrogens with zero attached hydrogens (tertiary/aromatic N) is 3. The van der Waals surface area contributed by atoms with Crippen LogP contribution in [0.5, 0.6) is 0 Å². The van der Waals surface area contributed by atoms with Crippen LogP contribution in [0.25, 0.3) is 0 Å². The molecule has 0 spiro atoms. The van der Waals surface area contributed by atoms with Crippen LogP contribution in [0.3, 0.4) is 0 Å². The highest BCUT2D eigenvalue weighted by atomic mass is 32.2. The molecule has 0 aliphatic carbocycles. The van der Waals surface area contributed by atoms with E-state index in [4.69, 9.17) is 0 Å². The standard InChI is InChI=1S/C29H34N4O6S/c1-4-17-30-29(35)27(18-23-11-7-5-8-12-23)31(20-24-13-9-6-10-14-24)28(34)21-32(40(3,38)39)26-19-25(33(36)37)16-15-22(26)2/h5-16,19,27H,4,17-18,20-21H2,1-3H3,(H,30,35)/t27-/m1/s1. The topological polar surface area (TPSA) is 130 Å². The maximum absolute atomic E-state index is 14.0. The second-order valence-electron chi connectivity index (χ2n) is 9.50. The summed E-state index contributed by atoms with van der Waals surface area (Å²) in [4.78, 5) is 39.7. The molecule has 3 rings (SSSR count). The van der Waals surface area contributed by atoms with Gasteiger partial charge in [-0.2, -0.15) is 0 Å². The minimum absolute atomic E-state index is 0.0276. The van der Waals surface area contributed by atoms with Crippen molar-refractivity contribution in [2.24, 2.45) is 0 Å². The maximum Gasteiger partial charge on any atom is 0.271 e. The second kappa shape index (κ2) is 13.7. The van der Waals surface area contributed by atoms with Crippen molar-refractivity contribution in [3.8, 4) is 0 Å². The predicted octanol–water partition coefficient (Wildman–Crippen LogP) is 3.84. The molecule has 212 valence electrons. The minimum atomic E-state index is -4.04. The molecule has 0 saturated carbocycles. The molecule has 1 atom stereocenters. The number of nitro groups is 1. The summed E-state index contributed by atoms with van der Waals surface area (Å²) in [6.45, 7) is 3.37. The number of amides is 2. The van der Waals surface area contributed by atoms with Crippen LogP contribution in [-0.4, -0.2) is 55.4 Å². The highest BCUT2D eigenvalue weighted by molar-refractivity contribution is 7.92. The summed E-state index contributed by atoms with van der Waals surface area (Å²) < 4.78 is 26.7. The van der Waals surface area contributed by atoms with Gasteiger partial charge in [0.2, 0.25) is 21.8 Å². The van der Waals surface area contributed by atoms with E-state index >= 15 is 0 Å². The van der Waals surface area contributed by atoms with Crippen molar-refractivity contribution < 1.29 is 22.9 Å². The van der Waals surface area contributed by atoms with Crippen molar-refractivity contribution in [2.75, 3.05) is 23.7 Å². The Labute approximate surface area is 234 Å². The third-order valence-corrected chi connectivity index (χ3v) is 7.49. The van der Waals surface area contributed by atoms with Crippen molar-refractivity contribution in [3.05, 3.63) is 106 Å². The van der Waals surface area contributed by atoms with Gasteiger partial charge in [-0.15, -0.1) is 0 Å². The molecular weight excluding hydrogens is 532 g/mol. The number of carbonyl (C=O) groups is 2. The first-order valence-corrected chi connectivity index (χ1v) is 14.7. The molecule has 0 saturated heterocycles. The van der Waals surface area contributed by atoms with Gasteiger partial charge in [0.15, 0.2) is 0 Å². The van der Waals surface area contributed by atoms with E-state index < -0.39 is 33.4 Å². The second-order valence-corrected chi connectivity index (χ2v) is 11.4. The first-order valence-electron chi connectivity index (χ1n) is 12.9. The summed E-state index contributed by atoms with van der Waals surface area (Å²) >= 11 is 0. The molecule has 0 aromatic heterocycles. The highest BCUT2D eigenvalue weighted by Gasteiger charge is 2.33. The Kier molecular flexibility index (Phi) is 10.4. The lowest BCUT2D eigenvalue weighted by Gasteiger charge is -2.33. The first-order chi connectivity index (χ1) is 19.0. The van der Waals surface area contributed by atoms with Crippen molar-refractivity contribution in [1.29, 1.82) is 0 Å². The van der Waals surface area contributed by atoms with Gasteiger partial charge >= 0.3 is 0 Å². The summed E-state index contributed by atoms with van der Waals surface area (Å²) in [7, 11) is -4.04. The van der Waals surface area contributed by atoms with Crippen molar-refractivity contribution in [1.82, 2.24) is 10.2 Å². The van der Waals surface area contributed by atoms with Gasteiger partial charge in [0.25, 0.3) is 5.69 Å². The Morgan fingerprint density at radius 1 is 0.975 bits per heavy atom. The molecule has 0 bridgehead atoms. The summed E-state index contributed by atoms with van der Waals surface area (Å²) in [5.41, 5.74) is 1.76. The van der Waals surface area contributed by atoms with E-state index in [1.807, 2.05) is 67.6 Å². The van der Waals surface area contributed by atoms with E-state index in [9.17, 15) is 28.1 Å². The lowest BCUT2D eigenvalue weighted by molar-refractivity contribution is -0.384. The molecule has 11 heteroatoms. The molecule has 0 radical (unpaired) electrons. The summed E-state index contributed by atoms with van der Waals surface area (Å²) in [6.07, 6.45) is 1.85. The molecule has 3 aromatic rings. The molecule has 3 aromatic carbocycles. The maximum atomic E-state index is 14.0. The molecule has 0 unspecified atom stereocenters. The highest BCUT2D eigenvalue weighted by Crippen LogP contribution is 2.28. The molecular formula is C29H34N4O6S. The van der Waals surface area contributed by atoms with Gasteiger partial charge in [-0.05, 0) is 30.0 Å². The van der Waals surface area contributed by atoms with Crippen LogP contribution in [0.15, 0.2) is 78.9 Å². The average Bonchev–Trinajstić information content (AvgIpc) is 2.93. The Balaban J connectivity index is 2.07. The van der Waals surface area contributed by atoms with Crippen LogP contribution < -0.4 is 9.62 Å². The number of rotatable bonds is 13. The van der Waals surface area contributed by atoms with Crippen molar-refractivity contribution in [2.45, 2.75) is 39.3 Å². The molecule has 40 heavy (non-hydrogen) atoms. The van der Waals surface area contributed by atoms with Gasteiger partial charge in [0.1, 0.15) is 12.6 Å². The van der Waals surface area contributed by atoms with Gasteiger partial charge in [-0.3, -0.25) is 24.0 Å². The molecule has 2 amide bonds. The number of non-ortho nitro benzene ring substituents is 1. The number of carbonyl (C=O) groups excluding carboxylic acids is 2. The number of sulfonamides is 1. The molecule has 0 aliphatic heterocycles. The van der Waals surface area contributed by atoms with E-state index in [0.717, 1.165) is 27.8 Å². The normalized spacial score (nSPS) is 11.9. The fourth-order valence-corrected chi connectivity index (χ4v) is 5.17. The number of aryl methyl sites for hydroxylation is 1. The monoisotopic (exact) mass is 566 g/mol. The van der Waals surface area contributed by atoms with Crippen LogP contribution >= 0.6 is 0 Å². The molecule has 1 N–H and O–H groups in total. The van der Waals surface area contributed by atoms with E-state index in [1.54, 1.807) is 6.92 Å². The number of hydrogen-bond donors (Lipinski definition) is 1. The largest absolute Gasteiger partial charge is 0.354 e. The molecule has 0 fully saturated rings. The van der Waals surface area contributed by atoms with Crippen LogP contribution in [0.2, 0.25) is 0 Å². The van der Waals surface area contributed by atoms with Crippen LogP contribution in [0.1, 0.15) is 30.0 Å². The number of hydrogen-bond acceptors (Lipinski definition) is 6. The van der Waals surface area contributed by atoms with Crippen LogP contribution in [0, 0.1) is 17.0 Å². The van der Waals surface area contributed by atoms with Gasteiger partial charge in [0, 0.05) is 31.6 Å². The number of anilines is 1. The fraction of sp³-hybridized carbons (Fsp3) is 0.310. The predicted molar refractivity (Wildman–Crippen MR) is 154 cm³/mol. The Hall–Kier alpha value is -4.25. The van der Waals surface area contributed by atoms with Gasteiger partial charge in [-0.25, -0.2) is 8.42 Å². The zero-order valence-electron chi connectivity index (χ0n) is 22.8. The summed E-state index contributed by atoms with van der Waals surface area (Å²) in [5.74, 6) is -0.972. The van der Waals surface area contributed by atoms with Gasteiger partial charge < -0.3 is 10.2 Å². The Morgan fingerprint density at radius 3 is 2.12 bits per heavy atom. The fourth-order valence-electron chi connectivity index (χ4n) is 4.27. The van der Waals surface area contributed by atoms with Gasteiger partial charge in [0.05, 0.1) is 16.9 Å². The molecule has 0 heterocycles. The SMILES string of the molecule is CCCNC(=O)[C@@H](Cc1ccccc1)N(Cc1ccccc1)C(=O)CN(c1cc([N+](=O)[O-])ccc1C)S(C)(=O)=O. The number of nitro benzene ring substituents is 1.